The molecule has 0 N–H and O–H groups in total. The van der Waals surface area contributed by atoms with Gasteiger partial charge in [0.05, 0.1) is 22.7 Å². The van der Waals surface area contributed by atoms with Crippen molar-refractivity contribution in [1.82, 2.24) is 9.55 Å². The molecular formula is C19H16F3N3O3S. The summed E-state index contributed by atoms with van der Waals surface area (Å²) in [4.78, 5) is 3.82. The van der Waals surface area contributed by atoms with Gasteiger partial charge in [0.15, 0.2) is 0 Å². The molecule has 0 bridgehead atoms. The van der Waals surface area contributed by atoms with Crippen LogP contribution < -0.4 is 9.04 Å². The number of anilines is 1. The van der Waals surface area contributed by atoms with Crippen molar-refractivity contribution in [1.29, 1.82) is 0 Å². The van der Waals surface area contributed by atoms with Crippen molar-refractivity contribution in [3.8, 4) is 17.1 Å². The van der Waals surface area contributed by atoms with E-state index >= 15 is 0 Å². The molecule has 152 valence electrons. The molecule has 0 saturated heterocycles. The number of aryl methyl sites for hydroxylation is 1. The molecule has 0 unspecified atom stereocenters. The summed E-state index contributed by atoms with van der Waals surface area (Å²) in [7, 11) is -2.43. The topological polar surface area (TPSA) is 64.4 Å². The molecule has 4 rings (SSSR count). The lowest BCUT2D eigenvalue weighted by molar-refractivity contribution is -0.137. The number of alkyl halides is 3. The van der Waals surface area contributed by atoms with Gasteiger partial charge in [-0.05, 0) is 36.4 Å². The van der Waals surface area contributed by atoms with Gasteiger partial charge in [0.25, 0.3) is 10.0 Å². The molecule has 29 heavy (non-hydrogen) atoms. The first-order valence-electron chi connectivity index (χ1n) is 8.62. The number of rotatable bonds is 3. The first kappa shape index (κ1) is 19.3. The Labute approximate surface area is 165 Å². The van der Waals surface area contributed by atoms with Gasteiger partial charge in [-0.3, -0.25) is 4.31 Å². The van der Waals surface area contributed by atoms with Gasteiger partial charge in [0.2, 0.25) is 0 Å². The number of aromatic nitrogens is 2. The zero-order chi connectivity index (χ0) is 20.8. The van der Waals surface area contributed by atoms with Gasteiger partial charge < -0.3 is 9.30 Å². The van der Waals surface area contributed by atoms with Gasteiger partial charge in [0.1, 0.15) is 18.2 Å². The van der Waals surface area contributed by atoms with Gasteiger partial charge in [-0.2, -0.15) is 13.2 Å². The van der Waals surface area contributed by atoms with Gasteiger partial charge >= 0.3 is 6.18 Å². The predicted octanol–water partition coefficient (Wildman–Crippen LogP) is 3.69. The molecule has 0 aliphatic carbocycles. The predicted molar refractivity (Wildman–Crippen MR) is 100 cm³/mol. The zero-order valence-electron chi connectivity index (χ0n) is 15.2. The summed E-state index contributed by atoms with van der Waals surface area (Å²) in [5, 5.41) is 0. The van der Waals surface area contributed by atoms with Crippen LogP contribution in [0.3, 0.4) is 0 Å². The fraction of sp³-hybridized carbons (Fsp3) is 0.211. The Morgan fingerprint density at radius 2 is 1.93 bits per heavy atom. The highest BCUT2D eigenvalue weighted by molar-refractivity contribution is 7.92. The lowest BCUT2D eigenvalue weighted by Gasteiger charge is -2.31. The van der Waals surface area contributed by atoms with E-state index in [9.17, 15) is 21.6 Å². The second-order valence-corrected chi connectivity index (χ2v) is 8.36. The number of fused-ring (bicyclic) bond motifs is 1. The number of sulfonamides is 1. The molecule has 1 aromatic heterocycles. The smallest absolute Gasteiger partial charge is 0.416 e. The van der Waals surface area contributed by atoms with Crippen LogP contribution in [0.1, 0.15) is 5.56 Å². The third-order valence-electron chi connectivity index (χ3n) is 4.61. The summed E-state index contributed by atoms with van der Waals surface area (Å²) < 4.78 is 73.9. The van der Waals surface area contributed by atoms with Crippen LogP contribution in [0.25, 0.3) is 11.4 Å². The molecule has 0 radical (unpaired) electrons. The molecule has 2 aromatic carbocycles. The van der Waals surface area contributed by atoms with Crippen LogP contribution in [0.5, 0.6) is 5.75 Å². The SMILES string of the molecule is Cn1ccnc1-c1ccc2c(c1)N(S(=O)(=O)c1cccc(C(F)(F)F)c1)CCO2. The van der Waals surface area contributed by atoms with E-state index in [0.717, 1.165) is 22.5 Å². The van der Waals surface area contributed by atoms with Gasteiger partial charge in [0, 0.05) is 25.0 Å². The Morgan fingerprint density at radius 1 is 1.14 bits per heavy atom. The molecule has 0 saturated carbocycles. The molecule has 1 aliphatic rings. The van der Waals surface area contributed by atoms with E-state index < -0.39 is 26.7 Å². The molecule has 6 nitrogen and oxygen atoms in total. The van der Waals surface area contributed by atoms with Crippen molar-refractivity contribution in [2.24, 2.45) is 7.05 Å². The Balaban J connectivity index is 1.80. The monoisotopic (exact) mass is 423 g/mol. The first-order valence-corrected chi connectivity index (χ1v) is 10.1. The van der Waals surface area contributed by atoms with Crippen LogP contribution >= 0.6 is 0 Å². The summed E-state index contributed by atoms with van der Waals surface area (Å²) in [6.45, 7) is 0.0720. The maximum absolute atomic E-state index is 13.2. The molecule has 0 fully saturated rings. The van der Waals surface area contributed by atoms with Crippen LogP contribution in [0.15, 0.2) is 59.8 Å². The van der Waals surface area contributed by atoms with Crippen molar-refractivity contribution in [3.05, 3.63) is 60.4 Å². The maximum Gasteiger partial charge on any atom is 0.416 e. The number of hydrogen-bond acceptors (Lipinski definition) is 4. The van der Waals surface area contributed by atoms with Crippen molar-refractivity contribution in [3.63, 3.8) is 0 Å². The average molecular weight is 423 g/mol. The van der Waals surface area contributed by atoms with Crippen LogP contribution in [0.2, 0.25) is 0 Å². The average Bonchev–Trinajstić information content (AvgIpc) is 3.12. The number of benzene rings is 2. The number of imidazole rings is 1. The number of nitrogens with zero attached hydrogens (tertiary/aromatic N) is 3. The van der Waals surface area contributed by atoms with Crippen molar-refractivity contribution < 1.29 is 26.3 Å². The van der Waals surface area contributed by atoms with E-state index in [1.807, 2.05) is 0 Å². The van der Waals surface area contributed by atoms with Gasteiger partial charge in [-0.25, -0.2) is 13.4 Å². The Bertz CT molecular complexity index is 1170. The van der Waals surface area contributed by atoms with Crippen molar-refractivity contribution >= 4 is 15.7 Å². The summed E-state index contributed by atoms with van der Waals surface area (Å²) in [6.07, 6.45) is -1.27. The second kappa shape index (κ2) is 6.80. The van der Waals surface area contributed by atoms with E-state index in [2.05, 4.69) is 4.98 Å². The molecule has 2 heterocycles. The summed E-state index contributed by atoms with van der Waals surface area (Å²) >= 11 is 0. The van der Waals surface area contributed by atoms with Crippen LogP contribution in [-0.2, 0) is 23.2 Å². The lowest BCUT2D eigenvalue weighted by Crippen LogP contribution is -2.38. The summed E-state index contributed by atoms with van der Waals surface area (Å²) in [5.74, 6) is 0.958. The summed E-state index contributed by atoms with van der Waals surface area (Å²) in [6, 6.07) is 8.72. The molecule has 3 aromatic rings. The minimum absolute atomic E-state index is 0.0183. The molecule has 0 atom stereocenters. The highest BCUT2D eigenvalue weighted by atomic mass is 32.2. The van der Waals surface area contributed by atoms with E-state index in [0.29, 0.717) is 23.2 Å². The minimum atomic E-state index is -4.64. The standard InChI is InChI=1S/C19H16F3N3O3S/c1-24-8-7-23-18(24)13-5-6-17-16(11-13)25(9-10-28-17)29(26,27)15-4-2-3-14(12-15)19(20,21)22/h2-8,11-12H,9-10H2,1H3. The third kappa shape index (κ3) is 3.44. The van der Waals surface area contributed by atoms with Crippen LogP contribution in [0, 0.1) is 0 Å². The number of ether oxygens (including phenoxy) is 1. The molecule has 1 aliphatic heterocycles. The Hall–Kier alpha value is -3.01. The highest BCUT2D eigenvalue weighted by Gasteiger charge is 2.35. The molecule has 0 amide bonds. The third-order valence-corrected chi connectivity index (χ3v) is 6.42. The summed E-state index contributed by atoms with van der Waals surface area (Å²) in [5.41, 5.74) is -0.103. The van der Waals surface area contributed by atoms with Gasteiger partial charge in [-0.1, -0.05) is 6.07 Å². The number of hydrogen-bond donors (Lipinski definition) is 0. The largest absolute Gasteiger partial charge is 0.489 e. The van der Waals surface area contributed by atoms with Crippen molar-refractivity contribution in [2.75, 3.05) is 17.5 Å². The van der Waals surface area contributed by atoms with E-state index in [4.69, 9.17) is 4.74 Å². The minimum Gasteiger partial charge on any atom is -0.489 e. The van der Waals surface area contributed by atoms with Crippen LogP contribution in [-0.4, -0.2) is 31.1 Å². The van der Waals surface area contributed by atoms with E-state index in [1.54, 1.807) is 42.2 Å². The quantitative estimate of drug-likeness (QED) is 0.645. The van der Waals surface area contributed by atoms with E-state index in [-0.39, 0.29) is 18.8 Å². The van der Waals surface area contributed by atoms with Gasteiger partial charge in [-0.15, -0.1) is 0 Å². The zero-order valence-corrected chi connectivity index (χ0v) is 16.0. The normalized spacial score (nSPS) is 14.4. The number of halogens is 3. The highest BCUT2D eigenvalue weighted by Crippen LogP contribution is 2.39. The molecular weight excluding hydrogens is 407 g/mol. The first-order chi connectivity index (χ1) is 13.7. The molecule has 10 heteroatoms. The van der Waals surface area contributed by atoms with E-state index in [1.165, 1.54) is 0 Å². The Kier molecular flexibility index (Phi) is 4.53. The van der Waals surface area contributed by atoms with Crippen LogP contribution in [0.4, 0.5) is 18.9 Å². The Morgan fingerprint density at radius 3 is 2.62 bits per heavy atom. The maximum atomic E-state index is 13.2. The second-order valence-electron chi connectivity index (χ2n) is 6.50. The molecule has 0 spiro atoms. The fourth-order valence-corrected chi connectivity index (χ4v) is 4.68. The lowest BCUT2D eigenvalue weighted by atomic mass is 10.1. The van der Waals surface area contributed by atoms with Crippen molar-refractivity contribution in [2.45, 2.75) is 11.1 Å². The fourth-order valence-electron chi connectivity index (χ4n) is 3.19.